The van der Waals surface area contributed by atoms with Crippen molar-refractivity contribution in [2.24, 2.45) is 0 Å². The zero-order valence-corrected chi connectivity index (χ0v) is 18.3. The van der Waals surface area contributed by atoms with Crippen LogP contribution in [-0.4, -0.2) is 40.7 Å². The van der Waals surface area contributed by atoms with Crippen LogP contribution in [0.2, 0.25) is 0 Å². The van der Waals surface area contributed by atoms with Crippen LogP contribution in [0, 0.1) is 13.8 Å². The van der Waals surface area contributed by atoms with Gasteiger partial charge >= 0.3 is 5.97 Å². The highest BCUT2D eigenvalue weighted by atomic mass is 16.5. The average Bonchev–Trinajstić information content (AvgIpc) is 3.07. The number of rotatable bonds is 9. The number of nitrogens with zero attached hydrogens (tertiary/aromatic N) is 2. The number of benzene rings is 2. The Balaban J connectivity index is 1.45. The maximum absolute atomic E-state index is 12.3. The van der Waals surface area contributed by atoms with E-state index in [4.69, 9.17) is 9.47 Å². The molecule has 0 unspecified atom stereocenters. The van der Waals surface area contributed by atoms with Gasteiger partial charge in [-0.25, -0.2) is 4.68 Å². The van der Waals surface area contributed by atoms with E-state index < -0.39 is 18.5 Å². The van der Waals surface area contributed by atoms with Gasteiger partial charge in [0, 0.05) is 5.56 Å². The molecule has 3 rings (SSSR count). The number of nitrogens with one attached hydrogen (secondary N) is 1. The normalized spacial score (nSPS) is 10.5. The molecule has 0 fully saturated rings. The van der Waals surface area contributed by atoms with E-state index in [1.807, 2.05) is 37.3 Å². The number of aryl methyl sites for hydroxylation is 1. The molecular weight excluding hydrogens is 410 g/mol. The van der Waals surface area contributed by atoms with Gasteiger partial charge in [-0.3, -0.25) is 14.4 Å². The highest BCUT2D eigenvalue weighted by molar-refractivity contribution is 5.94. The number of carbonyl (C=O) groups excluding carboxylic acids is 3. The van der Waals surface area contributed by atoms with Gasteiger partial charge in [-0.1, -0.05) is 18.2 Å². The second-order valence-electron chi connectivity index (χ2n) is 7.18. The summed E-state index contributed by atoms with van der Waals surface area (Å²) < 4.78 is 12.2. The largest absolute Gasteiger partial charge is 0.493 e. The number of Topliss-reactive ketones (excluding diaryl/α,β-unsaturated/α-hetero) is 1. The van der Waals surface area contributed by atoms with Crippen LogP contribution in [0.15, 0.2) is 54.6 Å². The van der Waals surface area contributed by atoms with E-state index in [0.29, 0.717) is 22.7 Å². The number of anilines is 1. The van der Waals surface area contributed by atoms with Crippen molar-refractivity contribution < 1.29 is 23.9 Å². The van der Waals surface area contributed by atoms with Crippen LogP contribution in [0.5, 0.6) is 5.75 Å². The minimum atomic E-state index is -0.547. The number of aromatic nitrogens is 2. The molecule has 0 spiro atoms. The lowest BCUT2D eigenvalue weighted by Gasteiger charge is -2.09. The maximum atomic E-state index is 12.3. The second kappa shape index (κ2) is 10.4. The SMILES string of the molecule is CC(=O)c1ccc(OCCC(=O)OCC(=O)Nc2c(C)nn(-c3ccccc3)c2C)cc1. The Morgan fingerprint density at radius 2 is 1.69 bits per heavy atom. The van der Waals surface area contributed by atoms with E-state index in [0.717, 1.165) is 11.4 Å². The van der Waals surface area contributed by atoms with Crippen LogP contribution in [-0.2, 0) is 14.3 Å². The lowest BCUT2D eigenvalue weighted by Crippen LogP contribution is -2.22. The lowest BCUT2D eigenvalue weighted by atomic mass is 10.1. The van der Waals surface area contributed by atoms with E-state index in [-0.39, 0.29) is 18.8 Å². The molecule has 0 radical (unpaired) electrons. The summed E-state index contributed by atoms with van der Waals surface area (Å²) in [5.74, 6) is -0.482. The molecule has 0 aliphatic carbocycles. The highest BCUT2D eigenvalue weighted by Gasteiger charge is 2.16. The third kappa shape index (κ3) is 5.81. The number of ether oxygens (including phenoxy) is 2. The number of esters is 1. The van der Waals surface area contributed by atoms with Crippen LogP contribution < -0.4 is 10.1 Å². The number of amides is 1. The molecule has 1 N–H and O–H groups in total. The van der Waals surface area contributed by atoms with Crippen molar-refractivity contribution in [3.63, 3.8) is 0 Å². The molecule has 8 nitrogen and oxygen atoms in total. The van der Waals surface area contributed by atoms with Crippen LogP contribution in [0.1, 0.15) is 35.1 Å². The molecule has 0 aliphatic rings. The smallest absolute Gasteiger partial charge is 0.309 e. The monoisotopic (exact) mass is 435 g/mol. The summed E-state index contributed by atoms with van der Waals surface area (Å²) in [4.78, 5) is 35.4. The van der Waals surface area contributed by atoms with Crippen LogP contribution in [0.25, 0.3) is 5.69 Å². The van der Waals surface area contributed by atoms with Gasteiger partial charge in [0.15, 0.2) is 12.4 Å². The van der Waals surface area contributed by atoms with Crippen molar-refractivity contribution in [2.75, 3.05) is 18.5 Å². The Morgan fingerprint density at radius 3 is 2.34 bits per heavy atom. The molecule has 0 saturated carbocycles. The Labute approximate surface area is 186 Å². The van der Waals surface area contributed by atoms with E-state index in [2.05, 4.69) is 10.4 Å². The summed E-state index contributed by atoms with van der Waals surface area (Å²) in [6.07, 6.45) is -0.00820. The first-order valence-electron chi connectivity index (χ1n) is 10.2. The predicted octanol–water partition coefficient (Wildman–Crippen LogP) is 3.64. The third-order valence-corrected chi connectivity index (χ3v) is 4.76. The molecule has 3 aromatic rings. The third-order valence-electron chi connectivity index (χ3n) is 4.76. The highest BCUT2D eigenvalue weighted by Crippen LogP contribution is 2.22. The van der Waals surface area contributed by atoms with Gasteiger partial charge in [0.1, 0.15) is 5.75 Å². The molecule has 0 aliphatic heterocycles. The minimum absolute atomic E-state index is 0.00820. The summed E-state index contributed by atoms with van der Waals surface area (Å²) in [6, 6.07) is 16.2. The quantitative estimate of drug-likeness (QED) is 0.407. The van der Waals surface area contributed by atoms with E-state index in [9.17, 15) is 14.4 Å². The Hall–Kier alpha value is -3.94. The van der Waals surface area contributed by atoms with Crippen molar-refractivity contribution >= 4 is 23.3 Å². The molecule has 0 atom stereocenters. The van der Waals surface area contributed by atoms with E-state index >= 15 is 0 Å². The summed E-state index contributed by atoms with van der Waals surface area (Å²) in [7, 11) is 0. The minimum Gasteiger partial charge on any atom is -0.493 e. The predicted molar refractivity (Wildman–Crippen MR) is 119 cm³/mol. The van der Waals surface area contributed by atoms with E-state index in [1.165, 1.54) is 6.92 Å². The zero-order chi connectivity index (χ0) is 23.1. The average molecular weight is 435 g/mol. The van der Waals surface area contributed by atoms with Gasteiger partial charge in [-0.05, 0) is 57.2 Å². The van der Waals surface area contributed by atoms with Gasteiger partial charge < -0.3 is 14.8 Å². The molecule has 1 amide bonds. The number of ketones is 1. The fourth-order valence-electron chi connectivity index (χ4n) is 3.08. The first-order valence-corrected chi connectivity index (χ1v) is 10.2. The summed E-state index contributed by atoms with van der Waals surface area (Å²) in [5, 5.41) is 7.23. The Bertz CT molecular complexity index is 1100. The molecule has 32 heavy (non-hydrogen) atoms. The van der Waals surface area contributed by atoms with Gasteiger partial charge in [0.2, 0.25) is 0 Å². The van der Waals surface area contributed by atoms with Gasteiger partial charge in [-0.2, -0.15) is 5.10 Å². The molecule has 0 saturated heterocycles. The van der Waals surface area contributed by atoms with Crippen molar-refractivity contribution in [3.8, 4) is 11.4 Å². The van der Waals surface area contributed by atoms with Crippen molar-refractivity contribution in [1.29, 1.82) is 0 Å². The van der Waals surface area contributed by atoms with Crippen molar-refractivity contribution in [3.05, 3.63) is 71.5 Å². The second-order valence-corrected chi connectivity index (χ2v) is 7.18. The fraction of sp³-hybridized carbons (Fsp3) is 0.250. The lowest BCUT2D eigenvalue weighted by molar-refractivity contribution is -0.147. The number of para-hydroxylation sites is 1. The molecule has 0 bridgehead atoms. The Kier molecular flexibility index (Phi) is 7.38. The Morgan fingerprint density at radius 1 is 1.00 bits per heavy atom. The van der Waals surface area contributed by atoms with Crippen molar-refractivity contribution in [2.45, 2.75) is 27.2 Å². The topological polar surface area (TPSA) is 99.5 Å². The molecule has 1 heterocycles. The standard InChI is InChI=1S/C24H25N3O5/c1-16-24(17(2)27(26-16)20-7-5-4-6-8-20)25-22(29)15-32-23(30)13-14-31-21-11-9-19(10-12-21)18(3)28/h4-12H,13-15H2,1-3H3,(H,25,29). The maximum Gasteiger partial charge on any atom is 0.309 e. The molecule has 166 valence electrons. The summed E-state index contributed by atoms with van der Waals surface area (Å²) in [6.45, 7) is 4.84. The fourth-order valence-corrected chi connectivity index (χ4v) is 3.08. The number of hydrogen-bond acceptors (Lipinski definition) is 6. The van der Waals surface area contributed by atoms with Crippen LogP contribution in [0.3, 0.4) is 0 Å². The zero-order valence-electron chi connectivity index (χ0n) is 18.3. The molecule has 8 heteroatoms. The number of hydrogen-bond donors (Lipinski definition) is 1. The van der Waals surface area contributed by atoms with Crippen LogP contribution >= 0.6 is 0 Å². The summed E-state index contributed by atoms with van der Waals surface area (Å²) in [5.41, 5.74) is 3.50. The molecule has 2 aromatic carbocycles. The molecular formula is C24H25N3O5. The van der Waals surface area contributed by atoms with Gasteiger partial charge in [0.25, 0.3) is 5.91 Å². The van der Waals surface area contributed by atoms with Crippen LogP contribution in [0.4, 0.5) is 5.69 Å². The van der Waals surface area contributed by atoms with Gasteiger partial charge in [0.05, 0.1) is 35.8 Å². The summed E-state index contributed by atoms with van der Waals surface area (Å²) >= 11 is 0. The van der Waals surface area contributed by atoms with Gasteiger partial charge in [-0.15, -0.1) is 0 Å². The first kappa shape index (κ1) is 22.7. The first-order chi connectivity index (χ1) is 15.3. The number of carbonyl (C=O) groups is 3. The van der Waals surface area contributed by atoms with E-state index in [1.54, 1.807) is 35.9 Å². The molecule has 1 aromatic heterocycles. The van der Waals surface area contributed by atoms with Crippen molar-refractivity contribution in [1.82, 2.24) is 9.78 Å².